The molecule has 0 aliphatic heterocycles. The Hall–Kier alpha value is -2.96. The number of carbonyl (C=O) groups is 1. The number of hydrogen-bond donors (Lipinski definition) is 2. The van der Waals surface area contributed by atoms with Crippen molar-refractivity contribution in [2.24, 2.45) is 0 Å². The Bertz CT molecular complexity index is 958. The van der Waals surface area contributed by atoms with Crippen molar-refractivity contribution in [2.75, 3.05) is 6.54 Å². The fourth-order valence-electron chi connectivity index (χ4n) is 2.42. The Morgan fingerprint density at radius 1 is 1.48 bits per heavy atom. The van der Waals surface area contributed by atoms with E-state index in [9.17, 15) is 14.0 Å². The van der Waals surface area contributed by atoms with Gasteiger partial charge in [-0.05, 0) is 18.2 Å². The molecule has 0 saturated heterocycles. The lowest BCUT2D eigenvalue weighted by Gasteiger charge is -2.05. The predicted octanol–water partition coefficient (Wildman–Crippen LogP) is 1.71. The zero-order chi connectivity index (χ0) is 16.4. The second-order valence-electron chi connectivity index (χ2n) is 5.12. The smallest absolute Gasteiger partial charge is 0.277 e. The van der Waals surface area contributed by atoms with Crippen LogP contribution < -0.4 is 10.9 Å². The predicted molar refractivity (Wildman–Crippen MR) is 85.6 cm³/mol. The van der Waals surface area contributed by atoms with Crippen LogP contribution >= 0.6 is 0 Å². The Kier molecular flexibility index (Phi) is 3.92. The van der Waals surface area contributed by atoms with Crippen LogP contribution in [0.4, 0.5) is 4.39 Å². The highest BCUT2D eigenvalue weighted by Crippen LogP contribution is 2.21. The summed E-state index contributed by atoms with van der Waals surface area (Å²) >= 11 is 0. The van der Waals surface area contributed by atoms with Gasteiger partial charge in [0.05, 0.1) is 6.33 Å². The fourth-order valence-corrected chi connectivity index (χ4v) is 2.42. The molecule has 23 heavy (non-hydrogen) atoms. The number of nitrogens with one attached hydrogen (secondary N) is 2. The zero-order valence-corrected chi connectivity index (χ0v) is 12.3. The molecule has 3 rings (SSSR count). The Morgan fingerprint density at radius 2 is 2.30 bits per heavy atom. The average molecular weight is 314 g/mol. The van der Waals surface area contributed by atoms with Crippen LogP contribution in [0, 0.1) is 5.82 Å². The van der Waals surface area contributed by atoms with E-state index in [4.69, 9.17) is 0 Å². The Balaban J connectivity index is 1.93. The third-order valence-corrected chi connectivity index (χ3v) is 3.56. The number of benzene rings is 1. The van der Waals surface area contributed by atoms with Crippen LogP contribution in [0.3, 0.4) is 0 Å². The number of nitrogens with zero attached hydrogens (tertiary/aromatic N) is 2. The SMILES string of the molecule is C=CCNC(=O)CCn1cnc2c([nH]c3ccc(F)cc32)c1=O. The van der Waals surface area contributed by atoms with Gasteiger partial charge < -0.3 is 10.3 Å². The lowest BCUT2D eigenvalue weighted by atomic mass is 10.2. The standard InChI is InChI=1S/C16H15FN4O2/c1-2-6-18-13(22)5-7-21-9-19-14-11-8-10(17)3-4-12(11)20-15(14)16(21)23/h2-4,8-9,20H,1,5-7H2,(H,18,22). The van der Waals surface area contributed by atoms with E-state index in [0.29, 0.717) is 28.5 Å². The average Bonchev–Trinajstić information content (AvgIpc) is 2.91. The van der Waals surface area contributed by atoms with Gasteiger partial charge in [0.15, 0.2) is 0 Å². The lowest BCUT2D eigenvalue weighted by Crippen LogP contribution is -2.27. The van der Waals surface area contributed by atoms with Gasteiger partial charge in [0.25, 0.3) is 5.56 Å². The van der Waals surface area contributed by atoms with Gasteiger partial charge in [0, 0.05) is 30.4 Å². The van der Waals surface area contributed by atoms with Gasteiger partial charge in [-0.25, -0.2) is 9.37 Å². The van der Waals surface area contributed by atoms with Gasteiger partial charge in [-0.1, -0.05) is 6.08 Å². The van der Waals surface area contributed by atoms with Crippen LogP contribution in [0.25, 0.3) is 21.9 Å². The van der Waals surface area contributed by atoms with E-state index < -0.39 is 0 Å². The Morgan fingerprint density at radius 3 is 3.09 bits per heavy atom. The maximum absolute atomic E-state index is 13.4. The summed E-state index contributed by atoms with van der Waals surface area (Å²) in [4.78, 5) is 31.2. The van der Waals surface area contributed by atoms with Crippen LogP contribution in [-0.2, 0) is 11.3 Å². The lowest BCUT2D eigenvalue weighted by molar-refractivity contribution is -0.121. The molecule has 0 radical (unpaired) electrons. The normalized spacial score (nSPS) is 11.0. The highest BCUT2D eigenvalue weighted by atomic mass is 19.1. The van der Waals surface area contributed by atoms with Gasteiger partial charge >= 0.3 is 0 Å². The van der Waals surface area contributed by atoms with E-state index in [1.54, 1.807) is 12.1 Å². The second kappa shape index (κ2) is 6.04. The molecule has 118 valence electrons. The molecule has 2 aromatic heterocycles. The number of aryl methyl sites for hydroxylation is 1. The fraction of sp³-hybridized carbons (Fsp3) is 0.188. The summed E-state index contributed by atoms with van der Waals surface area (Å²) in [5, 5.41) is 3.21. The molecule has 0 spiro atoms. The summed E-state index contributed by atoms with van der Waals surface area (Å²) in [6, 6.07) is 4.23. The summed E-state index contributed by atoms with van der Waals surface area (Å²) in [5.41, 5.74) is 1.09. The molecule has 6 nitrogen and oxygen atoms in total. The van der Waals surface area contributed by atoms with Crippen LogP contribution in [0.1, 0.15) is 6.42 Å². The number of aromatic amines is 1. The van der Waals surface area contributed by atoms with E-state index in [1.165, 1.54) is 23.0 Å². The molecule has 0 saturated carbocycles. The first-order chi connectivity index (χ1) is 11.1. The number of H-pyrrole nitrogens is 1. The van der Waals surface area contributed by atoms with E-state index in [1.807, 2.05) is 0 Å². The van der Waals surface area contributed by atoms with Crippen LogP contribution in [0.2, 0.25) is 0 Å². The quantitative estimate of drug-likeness (QED) is 0.704. The Labute approximate surface area is 130 Å². The van der Waals surface area contributed by atoms with E-state index >= 15 is 0 Å². The van der Waals surface area contributed by atoms with Crippen molar-refractivity contribution in [3.63, 3.8) is 0 Å². The summed E-state index contributed by atoms with van der Waals surface area (Å²) in [7, 11) is 0. The first-order valence-electron chi connectivity index (χ1n) is 7.14. The maximum atomic E-state index is 13.4. The summed E-state index contributed by atoms with van der Waals surface area (Å²) in [6.45, 7) is 4.12. The molecule has 1 amide bonds. The first-order valence-corrected chi connectivity index (χ1v) is 7.14. The summed E-state index contributed by atoms with van der Waals surface area (Å²) in [5.74, 6) is -0.557. The molecule has 3 aromatic rings. The number of amides is 1. The van der Waals surface area contributed by atoms with E-state index in [2.05, 4.69) is 21.9 Å². The van der Waals surface area contributed by atoms with E-state index in [0.717, 1.165) is 0 Å². The second-order valence-corrected chi connectivity index (χ2v) is 5.12. The van der Waals surface area contributed by atoms with Crippen LogP contribution in [-0.4, -0.2) is 27.0 Å². The third kappa shape index (κ3) is 2.85. The maximum Gasteiger partial charge on any atom is 0.277 e. The van der Waals surface area contributed by atoms with Gasteiger partial charge in [-0.15, -0.1) is 6.58 Å². The van der Waals surface area contributed by atoms with Crippen LogP contribution in [0.15, 0.2) is 42.0 Å². The molecule has 1 aromatic carbocycles. The monoisotopic (exact) mass is 314 g/mol. The third-order valence-electron chi connectivity index (χ3n) is 3.56. The topological polar surface area (TPSA) is 79.8 Å². The van der Waals surface area contributed by atoms with Gasteiger partial charge in [-0.3, -0.25) is 14.2 Å². The molecular formula is C16H15FN4O2. The zero-order valence-electron chi connectivity index (χ0n) is 12.3. The van der Waals surface area contributed by atoms with Gasteiger partial charge in [-0.2, -0.15) is 0 Å². The van der Waals surface area contributed by atoms with Crippen molar-refractivity contribution >= 4 is 27.8 Å². The molecule has 0 aliphatic carbocycles. The highest BCUT2D eigenvalue weighted by Gasteiger charge is 2.12. The molecule has 0 fully saturated rings. The molecule has 2 heterocycles. The number of carbonyl (C=O) groups excluding carboxylic acids is 1. The number of hydrogen-bond acceptors (Lipinski definition) is 3. The molecule has 7 heteroatoms. The number of fused-ring (bicyclic) bond motifs is 3. The minimum atomic E-state index is -0.386. The van der Waals surface area contributed by atoms with Crippen molar-refractivity contribution in [3.8, 4) is 0 Å². The van der Waals surface area contributed by atoms with Crippen molar-refractivity contribution in [3.05, 3.63) is 53.4 Å². The largest absolute Gasteiger partial charge is 0.353 e. The molecule has 0 atom stereocenters. The summed E-state index contributed by atoms with van der Waals surface area (Å²) < 4.78 is 14.7. The number of aromatic nitrogens is 3. The molecule has 0 aliphatic rings. The minimum Gasteiger partial charge on any atom is -0.353 e. The highest BCUT2D eigenvalue weighted by molar-refractivity contribution is 6.04. The van der Waals surface area contributed by atoms with Crippen molar-refractivity contribution in [2.45, 2.75) is 13.0 Å². The van der Waals surface area contributed by atoms with Crippen LogP contribution in [0.5, 0.6) is 0 Å². The number of rotatable bonds is 5. The molecular weight excluding hydrogens is 299 g/mol. The van der Waals surface area contributed by atoms with Gasteiger partial charge in [0.1, 0.15) is 16.9 Å². The summed E-state index contributed by atoms with van der Waals surface area (Å²) in [6.07, 6.45) is 3.13. The molecule has 0 bridgehead atoms. The molecule has 2 N–H and O–H groups in total. The number of halogens is 1. The minimum absolute atomic E-state index is 0.162. The molecule has 0 unspecified atom stereocenters. The first kappa shape index (κ1) is 15.0. The van der Waals surface area contributed by atoms with E-state index in [-0.39, 0.29) is 30.2 Å². The van der Waals surface area contributed by atoms with Gasteiger partial charge in [0.2, 0.25) is 5.91 Å². The van der Waals surface area contributed by atoms with Crippen molar-refractivity contribution in [1.82, 2.24) is 19.9 Å². The van der Waals surface area contributed by atoms with Crippen molar-refractivity contribution < 1.29 is 9.18 Å². The van der Waals surface area contributed by atoms with Crippen molar-refractivity contribution in [1.29, 1.82) is 0 Å².